The molecule has 0 aliphatic heterocycles. The van der Waals surface area contributed by atoms with Crippen molar-refractivity contribution in [2.75, 3.05) is 0 Å². The third-order valence-corrected chi connectivity index (χ3v) is 4.49. The maximum absolute atomic E-state index is 4.91. The number of aromatic nitrogens is 3. The molecule has 136 valence electrons. The van der Waals surface area contributed by atoms with Gasteiger partial charge in [-0.3, -0.25) is 4.57 Å². The smallest absolute Gasteiger partial charge is 0.164 e. The Balaban J connectivity index is 1.94. The zero-order valence-electron chi connectivity index (χ0n) is 15.8. The quantitative estimate of drug-likeness (QED) is 0.393. The number of rotatable bonds is 5. The molecule has 0 aliphatic carbocycles. The van der Waals surface area contributed by atoms with Crippen molar-refractivity contribution in [1.29, 1.82) is 0 Å². The second kappa shape index (κ2) is 7.89. The summed E-state index contributed by atoms with van der Waals surface area (Å²) in [4.78, 5) is 9.81. The van der Waals surface area contributed by atoms with E-state index in [-0.39, 0.29) is 0 Å². The van der Waals surface area contributed by atoms with Crippen LogP contribution in [0.1, 0.15) is 12.6 Å². The molecule has 0 aliphatic rings. The number of hydrogen-bond donors (Lipinski definition) is 0. The van der Waals surface area contributed by atoms with Crippen molar-refractivity contribution in [3.8, 4) is 17.2 Å². The maximum Gasteiger partial charge on any atom is 0.164 e. The van der Waals surface area contributed by atoms with Crippen LogP contribution < -0.4 is 0 Å². The highest BCUT2D eigenvalue weighted by atomic mass is 15.1. The van der Waals surface area contributed by atoms with Crippen molar-refractivity contribution in [3.63, 3.8) is 0 Å². The van der Waals surface area contributed by atoms with Crippen molar-refractivity contribution in [2.24, 2.45) is 0 Å². The van der Waals surface area contributed by atoms with Gasteiger partial charge in [0.2, 0.25) is 0 Å². The van der Waals surface area contributed by atoms with E-state index in [4.69, 9.17) is 9.97 Å². The minimum Gasteiger partial charge on any atom is -0.291 e. The molecule has 0 fully saturated rings. The summed E-state index contributed by atoms with van der Waals surface area (Å²) in [5.41, 5.74) is 5.81. The summed E-state index contributed by atoms with van der Waals surface area (Å²) in [6.07, 6.45) is 7.78. The van der Waals surface area contributed by atoms with Crippen LogP contribution in [0.2, 0.25) is 0 Å². The first-order chi connectivity index (χ1) is 13.8. The summed E-state index contributed by atoms with van der Waals surface area (Å²) in [5, 5.41) is 0. The van der Waals surface area contributed by atoms with Gasteiger partial charge < -0.3 is 0 Å². The fourth-order valence-electron chi connectivity index (χ4n) is 3.29. The lowest BCUT2D eigenvalue weighted by Crippen LogP contribution is -2.00. The molecule has 28 heavy (non-hydrogen) atoms. The van der Waals surface area contributed by atoms with E-state index in [1.165, 1.54) is 0 Å². The van der Waals surface area contributed by atoms with Gasteiger partial charge in [0.05, 0.1) is 16.7 Å². The number of allylic oxidation sites excluding steroid dienone is 5. The predicted molar refractivity (Wildman–Crippen MR) is 117 cm³/mol. The molecule has 2 aromatic heterocycles. The Kier molecular flexibility index (Phi) is 4.98. The van der Waals surface area contributed by atoms with Crippen LogP contribution in [0, 0.1) is 0 Å². The normalized spacial score (nSPS) is 12.0. The van der Waals surface area contributed by atoms with Crippen LogP contribution in [0.3, 0.4) is 0 Å². The minimum atomic E-state index is 0.827. The average Bonchev–Trinajstić information content (AvgIpc) is 3.14. The van der Waals surface area contributed by atoms with Gasteiger partial charge >= 0.3 is 0 Å². The van der Waals surface area contributed by atoms with Crippen molar-refractivity contribution in [2.45, 2.75) is 6.92 Å². The van der Waals surface area contributed by atoms with Crippen LogP contribution in [0.25, 0.3) is 33.8 Å². The first-order valence-corrected chi connectivity index (χ1v) is 9.28. The molecule has 0 saturated heterocycles. The number of hydrogen-bond acceptors (Lipinski definition) is 2. The minimum absolute atomic E-state index is 0.827. The fraction of sp³-hybridized carbons (Fsp3) is 0.0400. The van der Waals surface area contributed by atoms with Crippen LogP contribution in [-0.4, -0.2) is 14.5 Å². The zero-order chi connectivity index (χ0) is 19.3. The summed E-state index contributed by atoms with van der Waals surface area (Å²) >= 11 is 0. The topological polar surface area (TPSA) is 30.7 Å². The Morgan fingerprint density at radius 3 is 2.46 bits per heavy atom. The summed E-state index contributed by atoms with van der Waals surface area (Å²) in [7, 11) is 0. The van der Waals surface area contributed by atoms with Gasteiger partial charge in [-0.1, -0.05) is 67.3 Å². The third-order valence-electron chi connectivity index (χ3n) is 4.49. The molecule has 0 unspecified atom stereocenters. The number of imidazole rings is 1. The second-order valence-electron chi connectivity index (χ2n) is 6.36. The van der Waals surface area contributed by atoms with E-state index in [2.05, 4.69) is 29.3 Å². The number of pyridine rings is 1. The van der Waals surface area contributed by atoms with Gasteiger partial charge in [0.25, 0.3) is 0 Å². The van der Waals surface area contributed by atoms with Gasteiger partial charge in [0.1, 0.15) is 5.69 Å². The lowest BCUT2D eigenvalue weighted by Gasteiger charge is -2.10. The Morgan fingerprint density at radius 2 is 1.68 bits per heavy atom. The van der Waals surface area contributed by atoms with Crippen molar-refractivity contribution in [1.82, 2.24) is 14.5 Å². The van der Waals surface area contributed by atoms with Crippen molar-refractivity contribution in [3.05, 3.63) is 109 Å². The average molecular weight is 363 g/mol. The Labute approximate surface area is 165 Å². The molecule has 0 spiro atoms. The molecule has 0 atom stereocenters. The van der Waals surface area contributed by atoms with Gasteiger partial charge in [-0.05, 0) is 48.9 Å². The van der Waals surface area contributed by atoms with Crippen LogP contribution >= 0.6 is 0 Å². The van der Waals surface area contributed by atoms with E-state index in [9.17, 15) is 0 Å². The third kappa shape index (κ3) is 3.30. The van der Waals surface area contributed by atoms with E-state index >= 15 is 0 Å². The van der Waals surface area contributed by atoms with Crippen LogP contribution in [0.4, 0.5) is 0 Å². The highest BCUT2D eigenvalue weighted by Gasteiger charge is 2.15. The van der Waals surface area contributed by atoms with Gasteiger partial charge in [-0.25, -0.2) is 9.97 Å². The Morgan fingerprint density at radius 1 is 0.893 bits per heavy atom. The summed E-state index contributed by atoms with van der Waals surface area (Å²) in [5.74, 6) is 0.827. The summed E-state index contributed by atoms with van der Waals surface area (Å²) in [6, 6.07) is 24.5. The molecule has 0 N–H and O–H groups in total. The number of nitrogens with zero attached hydrogens (tertiary/aromatic N) is 3. The molecule has 3 heteroatoms. The van der Waals surface area contributed by atoms with E-state index in [0.717, 1.165) is 39.5 Å². The molecule has 2 heterocycles. The lowest BCUT2D eigenvalue weighted by molar-refractivity contribution is 1.08. The number of benzene rings is 2. The van der Waals surface area contributed by atoms with Crippen molar-refractivity contribution < 1.29 is 0 Å². The number of para-hydroxylation sites is 3. The van der Waals surface area contributed by atoms with Crippen LogP contribution in [0.15, 0.2) is 104 Å². The molecular weight excluding hydrogens is 342 g/mol. The van der Waals surface area contributed by atoms with Gasteiger partial charge in [-0.15, -0.1) is 0 Å². The van der Waals surface area contributed by atoms with Crippen LogP contribution in [-0.2, 0) is 0 Å². The SMILES string of the molecule is C=C/C=C(\C=C/C)c1cccc(-c2nc3ccccc3n2-c2ccccc2)n1. The van der Waals surface area contributed by atoms with E-state index in [1.54, 1.807) is 6.08 Å². The van der Waals surface area contributed by atoms with E-state index in [0.29, 0.717) is 0 Å². The highest BCUT2D eigenvalue weighted by molar-refractivity contribution is 5.83. The monoisotopic (exact) mass is 363 g/mol. The molecule has 3 nitrogen and oxygen atoms in total. The largest absolute Gasteiger partial charge is 0.291 e. The predicted octanol–water partition coefficient (Wildman–Crippen LogP) is 6.23. The standard InChI is InChI=1S/C25H21N3/c1-3-11-19(12-4-2)21-16-10-17-23(26-21)25-27-22-15-8-9-18-24(22)28(25)20-13-6-5-7-14-20/h3-18H,1H2,2H3/b12-4-,19-11+. The molecule has 0 amide bonds. The first kappa shape index (κ1) is 17.7. The first-order valence-electron chi connectivity index (χ1n) is 9.28. The van der Waals surface area contributed by atoms with Crippen molar-refractivity contribution >= 4 is 16.6 Å². The zero-order valence-corrected chi connectivity index (χ0v) is 15.8. The highest BCUT2D eigenvalue weighted by Crippen LogP contribution is 2.28. The lowest BCUT2D eigenvalue weighted by atomic mass is 10.1. The molecule has 0 saturated carbocycles. The summed E-state index contributed by atoms with van der Waals surface area (Å²) < 4.78 is 2.16. The summed E-state index contributed by atoms with van der Waals surface area (Å²) in [6.45, 7) is 5.81. The Hall–Kier alpha value is -3.72. The van der Waals surface area contributed by atoms with E-state index in [1.807, 2.05) is 79.7 Å². The van der Waals surface area contributed by atoms with Gasteiger partial charge in [0.15, 0.2) is 5.82 Å². The fourth-order valence-corrected chi connectivity index (χ4v) is 3.29. The molecule has 0 radical (unpaired) electrons. The molecule has 4 aromatic rings. The Bertz CT molecular complexity index is 1180. The maximum atomic E-state index is 4.91. The molecular formula is C25H21N3. The molecule has 4 rings (SSSR count). The second-order valence-corrected chi connectivity index (χ2v) is 6.36. The van der Waals surface area contributed by atoms with Gasteiger partial charge in [-0.2, -0.15) is 0 Å². The van der Waals surface area contributed by atoms with Gasteiger partial charge in [0, 0.05) is 5.69 Å². The molecule has 2 aromatic carbocycles. The number of fused-ring (bicyclic) bond motifs is 1. The van der Waals surface area contributed by atoms with Crippen LogP contribution in [0.5, 0.6) is 0 Å². The molecule has 0 bridgehead atoms. The van der Waals surface area contributed by atoms with E-state index < -0.39 is 0 Å².